The second-order valence-corrected chi connectivity index (χ2v) is 3.41. The summed E-state index contributed by atoms with van der Waals surface area (Å²) in [4.78, 5) is 17.1. The van der Waals surface area contributed by atoms with Gasteiger partial charge in [-0.15, -0.1) is 0 Å². The topological polar surface area (TPSA) is 45.2 Å². The number of carbonyl (C=O) groups is 1. The highest BCUT2D eigenvalue weighted by atomic mass is 35.5. The number of anilines is 1. The molecule has 0 bridgehead atoms. The Balaban J connectivity index is 2.78. The molecule has 0 aliphatic rings. The number of amides is 1. The molecule has 82 valence electrons. The van der Waals surface area contributed by atoms with Crippen LogP contribution in [0.2, 0.25) is 5.15 Å². The fourth-order valence-corrected chi connectivity index (χ4v) is 1.40. The summed E-state index contributed by atoms with van der Waals surface area (Å²) in [6.07, 6.45) is 1.63. The van der Waals surface area contributed by atoms with Crippen LogP contribution < -0.4 is 10.2 Å². The van der Waals surface area contributed by atoms with Gasteiger partial charge >= 0.3 is 0 Å². The van der Waals surface area contributed by atoms with Crippen LogP contribution >= 0.6 is 11.6 Å². The predicted octanol–water partition coefficient (Wildman–Crippen LogP) is 1.31. The SMILES string of the molecule is CCN(CC(=O)NC)c1ccnc(Cl)c1. The molecular formula is C10H14ClN3O. The van der Waals surface area contributed by atoms with Crippen LogP contribution in [0.3, 0.4) is 0 Å². The summed E-state index contributed by atoms with van der Waals surface area (Å²) in [6.45, 7) is 3.05. The first-order valence-electron chi connectivity index (χ1n) is 4.74. The van der Waals surface area contributed by atoms with Gasteiger partial charge in [-0.1, -0.05) is 11.6 Å². The third-order valence-electron chi connectivity index (χ3n) is 2.07. The van der Waals surface area contributed by atoms with Gasteiger partial charge in [-0.05, 0) is 19.1 Å². The molecule has 1 amide bonds. The monoisotopic (exact) mass is 227 g/mol. The predicted molar refractivity (Wildman–Crippen MR) is 61.2 cm³/mol. The van der Waals surface area contributed by atoms with Crippen molar-refractivity contribution in [2.45, 2.75) is 6.92 Å². The van der Waals surface area contributed by atoms with Crippen LogP contribution in [0.1, 0.15) is 6.92 Å². The Morgan fingerprint density at radius 2 is 2.40 bits per heavy atom. The Labute approximate surface area is 94.3 Å². The summed E-state index contributed by atoms with van der Waals surface area (Å²) in [5.74, 6) is -0.0233. The van der Waals surface area contributed by atoms with E-state index in [2.05, 4.69) is 10.3 Å². The molecule has 0 fully saturated rings. The smallest absolute Gasteiger partial charge is 0.239 e. The molecule has 5 heteroatoms. The minimum Gasteiger partial charge on any atom is -0.362 e. The lowest BCUT2D eigenvalue weighted by Gasteiger charge is -2.21. The molecule has 1 aromatic rings. The van der Waals surface area contributed by atoms with Crippen molar-refractivity contribution in [3.8, 4) is 0 Å². The largest absolute Gasteiger partial charge is 0.362 e. The van der Waals surface area contributed by atoms with Gasteiger partial charge in [0, 0.05) is 25.5 Å². The molecule has 1 N–H and O–H groups in total. The van der Waals surface area contributed by atoms with Gasteiger partial charge < -0.3 is 10.2 Å². The minimum atomic E-state index is -0.0233. The van der Waals surface area contributed by atoms with Crippen LogP contribution in [-0.2, 0) is 4.79 Å². The fourth-order valence-electron chi connectivity index (χ4n) is 1.23. The van der Waals surface area contributed by atoms with E-state index in [0.29, 0.717) is 11.7 Å². The zero-order valence-electron chi connectivity index (χ0n) is 8.83. The Morgan fingerprint density at radius 1 is 1.67 bits per heavy atom. The first-order chi connectivity index (χ1) is 7.17. The van der Waals surface area contributed by atoms with Crippen LogP contribution in [0.4, 0.5) is 5.69 Å². The second-order valence-electron chi connectivity index (χ2n) is 3.02. The van der Waals surface area contributed by atoms with Crippen LogP contribution in [-0.4, -0.2) is 31.0 Å². The zero-order chi connectivity index (χ0) is 11.3. The minimum absolute atomic E-state index is 0.0233. The number of hydrogen-bond donors (Lipinski definition) is 1. The molecule has 0 aromatic carbocycles. The summed E-state index contributed by atoms with van der Waals surface area (Å²) in [7, 11) is 1.62. The summed E-state index contributed by atoms with van der Waals surface area (Å²) in [6, 6.07) is 3.58. The molecule has 0 spiro atoms. The number of likely N-dealkylation sites (N-methyl/N-ethyl adjacent to an activating group) is 2. The standard InChI is InChI=1S/C10H14ClN3O/c1-3-14(7-10(15)12-2)8-4-5-13-9(11)6-8/h4-6H,3,7H2,1-2H3,(H,12,15). The van der Waals surface area contributed by atoms with E-state index in [1.165, 1.54) is 0 Å². The molecule has 15 heavy (non-hydrogen) atoms. The highest BCUT2D eigenvalue weighted by Crippen LogP contribution is 2.16. The van der Waals surface area contributed by atoms with Crippen molar-refractivity contribution in [1.29, 1.82) is 0 Å². The van der Waals surface area contributed by atoms with Crippen LogP contribution in [0, 0.1) is 0 Å². The van der Waals surface area contributed by atoms with E-state index >= 15 is 0 Å². The lowest BCUT2D eigenvalue weighted by atomic mass is 10.3. The van der Waals surface area contributed by atoms with Crippen LogP contribution in [0.5, 0.6) is 0 Å². The quantitative estimate of drug-likeness (QED) is 0.789. The van der Waals surface area contributed by atoms with Crippen molar-refractivity contribution in [3.05, 3.63) is 23.5 Å². The maximum Gasteiger partial charge on any atom is 0.239 e. The lowest BCUT2D eigenvalue weighted by molar-refractivity contribution is -0.119. The van der Waals surface area contributed by atoms with Gasteiger partial charge in [-0.2, -0.15) is 0 Å². The molecule has 4 nitrogen and oxygen atoms in total. The molecule has 0 unspecified atom stereocenters. The molecule has 0 aliphatic heterocycles. The molecule has 1 aromatic heterocycles. The number of rotatable bonds is 4. The second kappa shape index (κ2) is 5.56. The van der Waals surface area contributed by atoms with Crippen molar-refractivity contribution in [2.24, 2.45) is 0 Å². The van der Waals surface area contributed by atoms with Crippen LogP contribution in [0.25, 0.3) is 0 Å². The van der Waals surface area contributed by atoms with Crippen molar-refractivity contribution in [1.82, 2.24) is 10.3 Å². The fraction of sp³-hybridized carbons (Fsp3) is 0.400. The third-order valence-corrected chi connectivity index (χ3v) is 2.28. The zero-order valence-corrected chi connectivity index (χ0v) is 9.58. The summed E-state index contributed by atoms with van der Waals surface area (Å²) >= 11 is 5.78. The summed E-state index contributed by atoms with van der Waals surface area (Å²) in [5.41, 5.74) is 0.904. The molecule has 1 rings (SSSR count). The average molecular weight is 228 g/mol. The van der Waals surface area contributed by atoms with Gasteiger partial charge in [0.2, 0.25) is 5.91 Å². The number of nitrogens with one attached hydrogen (secondary N) is 1. The Kier molecular flexibility index (Phi) is 4.37. The molecule has 0 saturated carbocycles. The van der Waals surface area contributed by atoms with Gasteiger partial charge in [0.15, 0.2) is 0 Å². The number of nitrogens with zero attached hydrogens (tertiary/aromatic N) is 2. The maximum atomic E-state index is 11.2. The van der Waals surface area contributed by atoms with Crippen LogP contribution in [0.15, 0.2) is 18.3 Å². The molecule has 0 radical (unpaired) electrons. The third kappa shape index (κ3) is 3.40. The van der Waals surface area contributed by atoms with Gasteiger partial charge in [0.1, 0.15) is 5.15 Å². The number of pyridine rings is 1. The number of aromatic nitrogens is 1. The number of halogens is 1. The van der Waals surface area contributed by atoms with Crippen molar-refractivity contribution in [3.63, 3.8) is 0 Å². The summed E-state index contributed by atoms with van der Waals surface area (Å²) in [5, 5.41) is 3.02. The molecule has 0 atom stereocenters. The van der Waals surface area contributed by atoms with Crippen molar-refractivity contribution in [2.75, 3.05) is 25.0 Å². The number of hydrogen-bond acceptors (Lipinski definition) is 3. The van der Waals surface area contributed by atoms with Gasteiger partial charge in [-0.3, -0.25) is 4.79 Å². The van der Waals surface area contributed by atoms with Gasteiger partial charge in [-0.25, -0.2) is 4.98 Å². The van der Waals surface area contributed by atoms with E-state index in [9.17, 15) is 4.79 Å². The van der Waals surface area contributed by atoms with Crippen molar-refractivity contribution < 1.29 is 4.79 Å². The van der Waals surface area contributed by atoms with Crippen molar-refractivity contribution >= 4 is 23.2 Å². The lowest BCUT2D eigenvalue weighted by Crippen LogP contribution is -2.35. The first-order valence-corrected chi connectivity index (χ1v) is 5.12. The van der Waals surface area contributed by atoms with E-state index in [1.807, 2.05) is 17.9 Å². The molecule has 0 saturated heterocycles. The molecule has 0 aliphatic carbocycles. The normalized spacial score (nSPS) is 9.80. The highest BCUT2D eigenvalue weighted by Gasteiger charge is 2.08. The number of carbonyl (C=O) groups excluding carboxylic acids is 1. The van der Waals surface area contributed by atoms with Gasteiger partial charge in [0.25, 0.3) is 0 Å². The van der Waals surface area contributed by atoms with E-state index in [4.69, 9.17) is 11.6 Å². The Bertz CT molecular complexity index is 343. The Hall–Kier alpha value is -1.29. The van der Waals surface area contributed by atoms with E-state index in [1.54, 1.807) is 19.3 Å². The Morgan fingerprint density at radius 3 is 2.93 bits per heavy atom. The van der Waals surface area contributed by atoms with E-state index in [-0.39, 0.29) is 5.91 Å². The average Bonchev–Trinajstić information content (AvgIpc) is 2.25. The van der Waals surface area contributed by atoms with E-state index in [0.717, 1.165) is 12.2 Å². The van der Waals surface area contributed by atoms with E-state index < -0.39 is 0 Å². The summed E-state index contributed by atoms with van der Waals surface area (Å²) < 4.78 is 0. The highest BCUT2D eigenvalue weighted by molar-refractivity contribution is 6.29. The molecule has 1 heterocycles. The maximum absolute atomic E-state index is 11.2. The van der Waals surface area contributed by atoms with Gasteiger partial charge in [0.05, 0.1) is 6.54 Å². The molecular weight excluding hydrogens is 214 g/mol. The first kappa shape index (κ1) is 11.8.